The molecule has 0 fully saturated rings. The SMILES string of the molecule is CCn1nc(C(F)(F)F)cc1C(=O)N(C)Cc1c(Br)cnn1CC. The van der Waals surface area contributed by atoms with E-state index in [-0.39, 0.29) is 18.8 Å². The van der Waals surface area contributed by atoms with Crippen LogP contribution in [0.1, 0.15) is 35.7 Å². The van der Waals surface area contributed by atoms with Crippen LogP contribution in [0, 0.1) is 0 Å². The normalized spacial score (nSPS) is 11.8. The zero-order chi connectivity index (χ0) is 18.1. The molecule has 0 aliphatic carbocycles. The number of halogens is 4. The van der Waals surface area contributed by atoms with Crippen LogP contribution in [0.5, 0.6) is 0 Å². The Morgan fingerprint density at radius 3 is 2.46 bits per heavy atom. The number of nitrogens with zero attached hydrogens (tertiary/aromatic N) is 5. The molecule has 2 aromatic heterocycles. The van der Waals surface area contributed by atoms with Crippen LogP contribution in [0.3, 0.4) is 0 Å². The monoisotopic (exact) mass is 407 g/mol. The number of rotatable bonds is 5. The van der Waals surface area contributed by atoms with Gasteiger partial charge in [-0.1, -0.05) is 0 Å². The average molecular weight is 408 g/mol. The predicted octanol–water partition coefficient (Wildman–Crippen LogP) is 3.17. The second kappa shape index (κ2) is 6.96. The summed E-state index contributed by atoms with van der Waals surface area (Å²) >= 11 is 3.36. The molecule has 2 rings (SSSR count). The second-order valence-electron chi connectivity index (χ2n) is 5.14. The Balaban J connectivity index is 2.28. The van der Waals surface area contributed by atoms with E-state index in [4.69, 9.17) is 0 Å². The van der Waals surface area contributed by atoms with Crippen LogP contribution < -0.4 is 0 Å². The van der Waals surface area contributed by atoms with Crippen molar-refractivity contribution in [3.05, 3.63) is 33.8 Å². The minimum Gasteiger partial charge on any atom is -0.334 e. The van der Waals surface area contributed by atoms with Crippen LogP contribution in [0.4, 0.5) is 13.2 Å². The summed E-state index contributed by atoms with van der Waals surface area (Å²) in [6.07, 6.45) is -2.97. The summed E-state index contributed by atoms with van der Waals surface area (Å²) in [5.74, 6) is -0.532. The van der Waals surface area contributed by atoms with Crippen molar-refractivity contribution in [3.63, 3.8) is 0 Å². The fourth-order valence-electron chi connectivity index (χ4n) is 2.28. The second-order valence-corrected chi connectivity index (χ2v) is 6.00. The number of amides is 1. The molecule has 2 aromatic rings. The summed E-state index contributed by atoms with van der Waals surface area (Å²) in [5.41, 5.74) is -0.390. The first-order chi connectivity index (χ1) is 11.2. The highest BCUT2D eigenvalue weighted by atomic mass is 79.9. The van der Waals surface area contributed by atoms with Crippen LogP contribution in [0.15, 0.2) is 16.7 Å². The zero-order valence-electron chi connectivity index (χ0n) is 13.4. The largest absolute Gasteiger partial charge is 0.435 e. The van der Waals surface area contributed by atoms with Crippen molar-refractivity contribution in [2.75, 3.05) is 7.05 Å². The molecular formula is C14H17BrF3N5O. The summed E-state index contributed by atoms with van der Waals surface area (Å²) in [6, 6.07) is 0.786. The Hall–Kier alpha value is -1.84. The third-order valence-corrected chi connectivity index (χ3v) is 4.18. The maximum atomic E-state index is 12.8. The highest BCUT2D eigenvalue weighted by Gasteiger charge is 2.36. The van der Waals surface area contributed by atoms with Gasteiger partial charge in [-0.2, -0.15) is 23.4 Å². The van der Waals surface area contributed by atoms with Crippen molar-refractivity contribution in [2.45, 2.75) is 39.7 Å². The third kappa shape index (κ3) is 3.63. The van der Waals surface area contributed by atoms with E-state index in [2.05, 4.69) is 26.1 Å². The molecule has 10 heteroatoms. The summed E-state index contributed by atoms with van der Waals surface area (Å²) in [5, 5.41) is 7.62. The highest BCUT2D eigenvalue weighted by Crippen LogP contribution is 2.29. The molecule has 0 aliphatic rings. The fraction of sp³-hybridized carbons (Fsp3) is 0.500. The number of hydrogen-bond acceptors (Lipinski definition) is 3. The molecule has 0 spiro atoms. The Kier molecular flexibility index (Phi) is 5.36. The molecule has 0 unspecified atom stereocenters. The van der Waals surface area contributed by atoms with Gasteiger partial charge in [0, 0.05) is 26.2 Å². The molecule has 0 atom stereocenters. The molecule has 24 heavy (non-hydrogen) atoms. The van der Waals surface area contributed by atoms with Gasteiger partial charge >= 0.3 is 6.18 Å². The molecule has 0 saturated heterocycles. The van der Waals surface area contributed by atoms with Crippen molar-refractivity contribution >= 4 is 21.8 Å². The summed E-state index contributed by atoms with van der Waals surface area (Å²) in [6.45, 7) is 4.54. The molecule has 0 N–H and O–H groups in total. The van der Waals surface area contributed by atoms with Crippen molar-refractivity contribution in [2.24, 2.45) is 0 Å². The van der Waals surface area contributed by atoms with Gasteiger partial charge in [0.2, 0.25) is 0 Å². The first kappa shape index (κ1) is 18.5. The molecule has 132 valence electrons. The minimum atomic E-state index is -4.59. The van der Waals surface area contributed by atoms with Crippen LogP contribution >= 0.6 is 15.9 Å². The smallest absolute Gasteiger partial charge is 0.334 e. The van der Waals surface area contributed by atoms with Gasteiger partial charge in [0.05, 0.1) is 22.9 Å². The van der Waals surface area contributed by atoms with Crippen molar-refractivity contribution in [1.29, 1.82) is 0 Å². The lowest BCUT2D eigenvalue weighted by atomic mass is 10.3. The van der Waals surface area contributed by atoms with Gasteiger partial charge in [-0.3, -0.25) is 14.2 Å². The molecule has 2 heterocycles. The van der Waals surface area contributed by atoms with Crippen molar-refractivity contribution < 1.29 is 18.0 Å². The van der Waals surface area contributed by atoms with Crippen LogP contribution in [0.2, 0.25) is 0 Å². The Morgan fingerprint density at radius 1 is 1.29 bits per heavy atom. The quantitative estimate of drug-likeness (QED) is 0.764. The molecule has 1 amide bonds. The van der Waals surface area contributed by atoms with Gasteiger partial charge in [0.1, 0.15) is 5.69 Å². The molecule has 0 bridgehead atoms. The number of carbonyl (C=O) groups is 1. The molecule has 0 aliphatic heterocycles. The van der Waals surface area contributed by atoms with Crippen molar-refractivity contribution in [1.82, 2.24) is 24.5 Å². The topological polar surface area (TPSA) is 56.0 Å². The number of alkyl halides is 3. The number of aromatic nitrogens is 4. The molecule has 0 radical (unpaired) electrons. The first-order valence-corrected chi connectivity index (χ1v) is 8.09. The highest BCUT2D eigenvalue weighted by molar-refractivity contribution is 9.10. The lowest BCUT2D eigenvalue weighted by Crippen LogP contribution is -2.29. The fourth-order valence-corrected chi connectivity index (χ4v) is 2.70. The summed E-state index contributed by atoms with van der Waals surface area (Å²) in [4.78, 5) is 13.9. The lowest BCUT2D eigenvalue weighted by molar-refractivity contribution is -0.141. The number of hydrogen-bond donors (Lipinski definition) is 0. The average Bonchev–Trinajstić information content (AvgIpc) is 3.10. The van der Waals surface area contributed by atoms with E-state index in [0.29, 0.717) is 6.54 Å². The predicted molar refractivity (Wildman–Crippen MR) is 84.3 cm³/mol. The van der Waals surface area contributed by atoms with E-state index < -0.39 is 17.8 Å². The van der Waals surface area contributed by atoms with Gasteiger partial charge in [-0.05, 0) is 29.8 Å². The molecular weight excluding hydrogens is 391 g/mol. The number of aryl methyl sites for hydroxylation is 2. The van der Waals surface area contributed by atoms with E-state index in [1.54, 1.807) is 17.8 Å². The Labute approximate surface area is 145 Å². The summed E-state index contributed by atoms with van der Waals surface area (Å²) < 4.78 is 42.0. The van der Waals surface area contributed by atoms with Gasteiger partial charge in [0.25, 0.3) is 5.91 Å². The first-order valence-electron chi connectivity index (χ1n) is 7.29. The lowest BCUT2D eigenvalue weighted by Gasteiger charge is -2.18. The van der Waals surface area contributed by atoms with Crippen LogP contribution in [-0.2, 0) is 25.8 Å². The molecule has 6 nitrogen and oxygen atoms in total. The Morgan fingerprint density at radius 2 is 1.92 bits per heavy atom. The zero-order valence-corrected chi connectivity index (χ0v) is 15.0. The molecule has 0 saturated carbocycles. The standard InChI is InChI=1S/C14H17BrF3N5O/c1-4-22-11(9(15)7-19-22)8-21(3)13(24)10-6-12(14(16,17)18)20-23(10)5-2/h6-7H,4-5,8H2,1-3H3. The maximum absolute atomic E-state index is 12.8. The van der Waals surface area contributed by atoms with Crippen LogP contribution in [0.25, 0.3) is 0 Å². The van der Waals surface area contributed by atoms with E-state index in [9.17, 15) is 18.0 Å². The van der Waals surface area contributed by atoms with E-state index in [1.807, 2.05) is 6.92 Å². The van der Waals surface area contributed by atoms with E-state index in [0.717, 1.165) is 20.9 Å². The molecule has 0 aromatic carbocycles. The van der Waals surface area contributed by atoms with Crippen LogP contribution in [-0.4, -0.2) is 37.4 Å². The van der Waals surface area contributed by atoms with Gasteiger partial charge in [0.15, 0.2) is 5.69 Å². The van der Waals surface area contributed by atoms with Gasteiger partial charge in [-0.25, -0.2) is 0 Å². The van der Waals surface area contributed by atoms with Crippen molar-refractivity contribution in [3.8, 4) is 0 Å². The minimum absolute atomic E-state index is 0.0917. The third-order valence-electron chi connectivity index (χ3n) is 3.52. The van der Waals surface area contributed by atoms with Gasteiger partial charge < -0.3 is 4.90 Å². The maximum Gasteiger partial charge on any atom is 0.435 e. The van der Waals surface area contributed by atoms with Gasteiger partial charge in [-0.15, -0.1) is 0 Å². The van der Waals surface area contributed by atoms with E-state index >= 15 is 0 Å². The van der Waals surface area contributed by atoms with E-state index in [1.165, 1.54) is 11.9 Å². The summed E-state index contributed by atoms with van der Waals surface area (Å²) in [7, 11) is 1.53. The Bertz CT molecular complexity index is 737. The number of carbonyl (C=O) groups excluding carboxylic acids is 1.